The highest BCUT2D eigenvalue weighted by atomic mass is 16.4. The van der Waals surface area contributed by atoms with Crippen molar-refractivity contribution in [1.29, 1.82) is 0 Å². The van der Waals surface area contributed by atoms with Gasteiger partial charge in [0.25, 0.3) is 0 Å². The summed E-state index contributed by atoms with van der Waals surface area (Å²) in [5, 5.41) is 9.82. The Kier molecular flexibility index (Phi) is 30.6. The van der Waals surface area contributed by atoms with Crippen molar-refractivity contribution in [3.8, 4) is 0 Å². The number of hydrogen-bond donors (Lipinski definition) is 1. The quantitative estimate of drug-likeness (QED) is 0.0554. The van der Waals surface area contributed by atoms with Gasteiger partial charge in [0.15, 0.2) is 0 Å². The summed E-state index contributed by atoms with van der Waals surface area (Å²) in [6.45, 7) is 13.0. The van der Waals surface area contributed by atoms with Crippen LogP contribution in [-0.4, -0.2) is 11.1 Å². The number of hydrogen-bond acceptors (Lipinski definition) is 1. The van der Waals surface area contributed by atoms with Gasteiger partial charge in [-0.25, -0.2) is 0 Å². The third-order valence-electron chi connectivity index (χ3n) is 10.1. The van der Waals surface area contributed by atoms with Crippen LogP contribution in [0.15, 0.2) is 48.6 Å². The molecular weight excluding hydrogens is 572 g/mol. The van der Waals surface area contributed by atoms with Crippen molar-refractivity contribution < 1.29 is 9.90 Å². The Labute approximate surface area is 295 Å². The highest BCUT2D eigenvalue weighted by molar-refractivity contribution is 5.73. The molecule has 47 heavy (non-hydrogen) atoms. The van der Waals surface area contributed by atoms with E-state index in [1.807, 2.05) is 13.8 Å². The lowest BCUT2D eigenvalue weighted by Crippen LogP contribution is -2.35. The summed E-state index contributed by atoms with van der Waals surface area (Å²) in [4.78, 5) is 11.9. The van der Waals surface area contributed by atoms with E-state index in [2.05, 4.69) is 76.3 Å². The maximum absolute atomic E-state index is 11.9. The molecule has 274 valence electrons. The SMILES string of the molecule is CCCCCC=CCC=CCCCCCCCCC(CCCCCCCCC=CCC=CCCCCC)C(C)(C)CC(C)(C)C(=O)O. The number of allylic oxidation sites excluding steroid dienone is 8. The van der Waals surface area contributed by atoms with E-state index < -0.39 is 11.4 Å². The molecule has 0 aromatic heterocycles. The summed E-state index contributed by atoms with van der Waals surface area (Å²) in [6.07, 6.45) is 52.9. The summed E-state index contributed by atoms with van der Waals surface area (Å²) < 4.78 is 0. The number of carbonyl (C=O) groups is 1. The molecule has 0 aliphatic carbocycles. The van der Waals surface area contributed by atoms with Crippen LogP contribution < -0.4 is 0 Å². The van der Waals surface area contributed by atoms with Gasteiger partial charge in [0.05, 0.1) is 5.41 Å². The van der Waals surface area contributed by atoms with Crippen molar-refractivity contribution >= 4 is 5.97 Å². The fraction of sp³-hybridized carbons (Fsp3) is 0.800. The summed E-state index contributed by atoms with van der Waals surface area (Å²) in [5.74, 6) is -0.0513. The number of carboxylic acid groups (broad SMARTS) is 1. The highest BCUT2D eigenvalue weighted by Gasteiger charge is 2.38. The molecule has 0 aliphatic heterocycles. The first-order valence-electron chi connectivity index (χ1n) is 20.5. The molecule has 0 atom stereocenters. The second kappa shape index (κ2) is 31.7. The molecule has 0 amide bonds. The monoisotopic (exact) mass is 655 g/mol. The summed E-state index contributed by atoms with van der Waals surface area (Å²) in [6, 6.07) is 0. The number of rotatable bonds is 34. The summed E-state index contributed by atoms with van der Waals surface area (Å²) in [5.41, 5.74) is -0.615. The van der Waals surface area contributed by atoms with Gasteiger partial charge in [-0.15, -0.1) is 0 Å². The van der Waals surface area contributed by atoms with Crippen LogP contribution in [0.1, 0.15) is 215 Å². The van der Waals surface area contributed by atoms with E-state index in [0.29, 0.717) is 5.92 Å². The van der Waals surface area contributed by atoms with Gasteiger partial charge in [-0.2, -0.15) is 0 Å². The molecule has 0 aromatic rings. The van der Waals surface area contributed by atoms with E-state index in [1.54, 1.807) is 0 Å². The topological polar surface area (TPSA) is 37.3 Å². The van der Waals surface area contributed by atoms with Crippen molar-refractivity contribution in [3.63, 3.8) is 0 Å². The van der Waals surface area contributed by atoms with E-state index in [1.165, 1.54) is 154 Å². The maximum atomic E-state index is 11.9. The first-order chi connectivity index (χ1) is 22.7. The van der Waals surface area contributed by atoms with E-state index in [-0.39, 0.29) is 5.41 Å². The zero-order valence-electron chi connectivity index (χ0n) is 32.6. The average Bonchev–Trinajstić information content (AvgIpc) is 3.02. The van der Waals surface area contributed by atoms with Gasteiger partial charge in [-0.1, -0.05) is 166 Å². The van der Waals surface area contributed by atoms with Crippen LogP contribution in [-0.2, 0) is 4.79 Å². The van der Waals surface area contributed by atoms with Gasteiger partial charge in [0, 0.05) is 0 Å². The van der Waals surface area contributed by atoms with E-state index in [0.717, 1.165) is 19.3 Å². The summed E-state index contributed by atoms with van der Waals surface area (Å²) in [7, 11) is 0. The second-order valence-electron chi connectivity index (χ2n) is 15.8. The molecule has 0 heterocycles. The van der Waals surface area contributed by atoms with E-state index in [9.17, 15) is 9.90 Å². The van der Waals surface area contributed by atoms with Crippen LogP contribution in [0, 0.1) is 16.7 Å². The lowest BCUT2D eigenvalue weighted by molar-refractivity contribution is -0.149. The third kappa shape index (κ3) is 29.1. The molecular formula is C45H82O2. The fourth-order valence-corrected chi connectivity index (χ4v) is 7.04. The zero-order valence-corrected chi connectivity index (χ0v) is 32.6. The molecule has 1 N–H and O–H groups in total. The maximum Gasteiger partial charge on any atom is 0.309 e. The van der Waals surface area contributed by atoms with Gasteiger partial charge < -0.3 is 5.11 Å². The molecule has 0 bridgehead atoms. The van der Waals surface area contributed by atoms with Gasteiger partial charge in [0.1, 0.15) is 0 Å². The van der Waals surface area contributed by atoms with Crippen LogP contribution in [0.25, 0.3) is 0 Å². The minimum Gasteiger partial charge on any atom is -0.481 e. The summed E-state index contributed by atoms with van der Waals surface area (Å²) >= 11 is 0. The van der Waals surface area contributed by atoms with Crippen molar-refractivity contribution in [2.24, 2.45) is 16.7 Å². The minimum atomic E-state index is -0.666. The zero-order chi connectivity index (χ0) is 34.9. The van der Waals surface area contributed by atoms with Crippen LogP contribution in [0.2, 0.25) is 0 Å². The first-order valence-corrected chi connectivity index (χ1v) is 20.5. The Morgan fingerprint density at radius 2 is 0.809 bits per heavy atom. The highest BCUT2D eigenvalue weighted by Crippen LogP contribution is 2.44. The van der Waals surface area contributed by atoms with Crippen molar-refractivity contribution in [2.45, 2.75) is 215 Å². The normalized spacial score (nSPS) is 13.7. The van der Waals surface area contributed by atoms with Gasteiger partial charge in [-0.05, 0) is 109 Å². The molecule has 0 saturated heterocycles. The standard InChI is InChI=1S/C45H82O2/c1-7-9-11-13-15-17-19-21-23-25-27-29-31-33-35-37-39-42(44(3,4)41-45(5,6)43(46)47)40-38-36-34-32-30-28-26-24-22-20-18-16-14-12-10-8-2/h15-18,21-24,42H,7-14,19-20,25-41H2,1-6H3,(H,46,47). The van der Waals surface area contributed by atoms with Crippen LogP contribution >= 0.6 is 0 Å². The molecule has 2 heteroatoms. The predicted octanol–water partition coefficient (Wildman–Crippen LogP) is 15.5. The first kappa shape index (κ1) is 45.4. The Morgan fingerprint density at radius 3 is 1.15 bits per heavy atom. The van der Waals surface area contributed by atoms with Crippen molar-refractivity contribution in [3.05, 3.63) is 48.6 Å². The molecule has 0 rings (SSSR count). The Balaban J connectivity index is 4.27. The molecule has 0 saturated carbocycles. The Morgan fingerprint density at radius 1 is 0.489 bits per heavy atom. The van der Waals surface area contributed by atoms with Gasteiger partial charge >= 0.3 is 5.97 Å². The Bertz CT molecular complexity index is 764. The third-order valence-corrected chi connectivity index (χ3v) is 10.1. The molecule has 0 unspecified atom stereocenters. The lowest BCUT2D eigenvalue weighted by atomic mass is 9.65. The van der Waals surface area contributed by atoms with Crippen LogP contribution in [0.4, 0.5) is 0 Å². The molecule has 0 spiro atoms. The predicted molar refractivity (Wildman–Crippen MR) is 211 cm³/mol. The van der Waals surface area contributed by atoms with E-state index in [4.69, 9.17) is 0 Å². The largest absolute Gasteiger partial charge is 0.481 e. The van der Waals surface area contributed by atoms with Crippen LogP contribution in [0.3, 0.4) is 0 Å². The second-order valence-corrected chi connectivity index (χ2v) is 15.8. The van der Waals surface area contributed by atoms with Crippen molar-refractivity contribution in [1.82, 2.24) is 0 Å². The molecule has 0 aromatic carbocycles. The smallest absolute Gasteiger partial charge is 0.309 e. The Hall–Kier alpha value is -1.57. The number of unbranched alkanes of at least 4 members (excludes halogenated alkanes) is 18. The van der Waals surface area contributed by atoms with Crippen molar-refractivity contribution in [2.75, 3.05) is 0 Å². The lowest BCUT2D eigenvalue weighted by Gasteiger charge is -2.39. The number of carboxylic acids is 1. The number of aliphatic carboxylic acids is 1. The molecule has 0 fully saturated rings. The fourth-order valence-electron chi connectivity index (χ4n) is 7.04. The minimum absolute atomic E-state index is 0.0515. The molecule has 0 aliphatic rings. The molecule has 2 nitrogen and oxygen atoms in total. The van der Waals surface area contributed by atoms with Gasteiger partial charge in [-0.3, -0.25) is 4.79 Å². The van der Waals surface area contributed by atoms with E-state index >= 15 is 0 Å². The average molecular weight is 655 g/mol. The molecule has 0 radical (unpaired) electrons. The van der Waals surface area contributed by atoms with Gasteiger partial charge in [0.2, 0.25) is 0 Å². The van der Waals surface area contributed by atoms with Crippen LogP contribution in [0.5, 0.6) is 0 Å².